The van der Waals surface area contributed by atoms with Crippen LogP contribution in [0.25, 0.3) is 0 Å². The maximum Gasteiger partial charge on any atom is 0.169 e. The maximum atomic E-state index is 14.2. The molecule has 0 spiro atoms. The minimum atomic E-state index is -0.348. The van der Waals surface area contributed by atoms with E-state index < -0.39 is 0 Å². The molecule has 0 aliphatic heterocycles. The van der Waals surface area contributed by atoms with E-state index in [9.17, 15) is 4.39 Å². The van der Waals surface area contributed by atoms with Gasteiger partial charge in [-0.15, -0.1) is 0 Å². The molecule has 2 aromatic carbocycles. The molecular weight excluding hydrogens is 333 g/mol. The van der Waals surface area contributed by atoms with E-state index in [1.165, 1.54) is 6.07 Å². The number of benzene rings is 2. The Hall–Kier alpha value is -1.39. The van der Waals surface area contributed by atoms with Crippen LogP contribution in [0.15, 0.2) is 46.9 Å². The third-order valence-electron chi connectivity index (χ3n) is 3.42. The third-order valence-corrected chi connectivity index (χ3v) is 4.00. The molecule has 0 fully saturated rings. The molecule has 0 bridgehead atoms. The molecule has 2 N–H and O–H groups in total. The summed E-state index contributed by atoms with van der Waals surface area (Å²) in [5.74, 6) is 0.130. The van der Waals surface area contributed by atoms with Crippen molar-refractivity contribution in [1.82, 2.24) is 0 Å². The summed E-state index contributed by atoms with van der Waals surface area (Å²) in [5, 5.41) is 0. The fourth-order valence-electron chi connectivity index (χ4n) is 2.15. The van der Waals surface area contributed by atoms with Crippen LogP contribution in [0.3, 0.4) is 0 Å². The summed E-state index contributed by atoms with van der Waals surface area (Å²) < 4.78 is 20.5. The maximum absolute atomic E-state index is 14.2. The number of nitrogens with two attached hydrogens (primary N) is 1. The summed E-state index contributed by atoms with van der Waals surface area (Å²) in [5.41, 5.74) is 7.49. The van der Waals surface area contributed by atoms with E-state index in [2.05, 4.69) is 15.9 Å². The van der Waals surface area contributed by atoms with Crippen molar-refractivity contribution in [3.05, 3.63) is 63.9 Å². The second-order valence-electron chi connectivity index (χ2n) is 5.07. The van der Waals surface area contributed by atoms with E-state index >= 15 is 0 Å². The number of halogens is 2. The van der Waals surface area contributed by atoms with Crippen LogP contribution < -0.4 is 10.5 Å². The Morgan fingerprint density at radius 3 is 2.57 bits per heavy atom. The molecule has 4 heteroatoms. The zero-order chi connectivity index (χ0) is 15.2. The predicted octanol–water partition coefficient (Wildman–Crippen LogP) is 4.62. The molecule has 0 aliphatic rings. The molecule has 0 aliphatic carbocycles. The molecule has 2 rings (SSSR count). The highest BCUT2D eigenvalue weighted by atomic mass is 79.9. The Morgan fingerprint density at radius 2 is 1.95 bits per heavy atom. The van der Waals surface area contributed by atoms with Gasteiger partial charge in [-0.25, -0.2) is 4.39 Å². The third kappa shape index (κ3) is 4.29. The highest BCUT2D eigenvalue weighted by Crippen LogP contribution is 2.33. The van der Waals surface area contributed by atoms with Gasteiger partial charge in [-0.2, -0.15) is 0 Å². The summed E-state index contributed by atoms with van der Waals surface area (Å²) >= 11 is 3.39. The van der Waals surface area contributed by atoms with Crippen LogP contribution in [-0.2, 0) is 6.61 Å². The van der Waals surface area contributed by atoms with Gasteiger partial charge in [0.05, 0.1) is 4.47 Å². The molecule has 1 atom stereocenters. The highest BCUT2D eigenvalue weighted by Gasteiger charge is 2.14. The summed E-state index contributed by atoms with van der Waals surface area (Å²) in [7, 11) is 0. The van der Waals surface area contributed by atoms with E-state index in [1.54, 1.807) is 0 Å². The topological polar surface area (TPSA) is 35.2 Å². The molecule has 2 aromatic rings. The average Bonchev–Trinajstić information content (AvgIpc) is 2.47. The lowest BCUT2D eigenvalue weighted by Gasteiger charge is -2.15. The lowest BCUT2D eigenvalue weighted by Crippen LogP contribution is -2.06. The van der Waals surface area contributed by atoms with Gasteiger partial charge in [0.2, 0.25) is 0 Å². The summed E-state index contributed by atoms with van der Waals surface area (Å²) in [6.07, 6.45) is 0.829. The van der Waals surface area contributed by atoms with Crippen molar-refractivity contribution in [3.8, 4) is 5.75 Å². The summed E-state index contributed by atoms with van der Waals surface area (Å²) in [6.45, 7) is 2.97. The van der Waals surface area contributed by atoms with Crippen molar-refractivity contribution in [3.63, 3.8) is 0 Å². The fourth-order valence-corrected chi connectivity index (χ4v) is 2.72. The first-order chi connectivity index (χ1) is 10.1. The zero-order valence-electron chi connectivity index (χ0n) is 12.0. The van der Waals surface area contributed by atoms with Crippen LogP contribution in [-0.4, -0.2) is 6.54 Å². The Morgan fingerprint density at radius 1 is 1.24 bits per heavy atom. The predicted molar refractivity (Wildman–Crippen MR) is 87.0 cm³/mol. The normalized spacial score (nSPS) is 12.2. The van der Waals surface area contributed by atoms with Gasteiger partial charge in [-0.1, -0.05) is 37.3 Å². The molecule has 0 aromatic heterocycles. The van der Waals surface area contributed by atoms with Crippen molar-refractivity contribution in [2.45, 2.75) is 25.9 Å². The standard InChI is InChI=1S/C17H19BrFNO/c1-12(7-8-20)14-9-15(18)17(16(19)10-14)21-11-13-5-3-2-4-6-13/h2-6,9-10,12H,7-8,11,20H2,1H3. The zero-order valence-corrected chi connectivity index (χ0v) is 13.6. The Balaban J connectivity index is 2.13. The van der Waals surface area contributed by atoms with Gasteiger partial charge in [-0.05, 0) is 58.1 Å². The number of hydrogen-bond acceptors (Lipinski definition) is 2. The van der Waals surface area contributed by atoms with Crippen LogP contribution in [0.4, 0.5) is 4.39 Å². The van der Waals surface area contributed by atoms with Crippen molar-refractivity contribution >= 4 is 15.9 Å². The molecule has 0 heterocycles. The molecule has 21 heavy (non-hydrogen) atoms. The SMILES string of the molecule is CC(CCN)c1cc(F)c(OCc2ccccc2)c(Br)c1. The molecule has 0 saturated heterocycles. The van der Waals surface area contributed by atoms with Crippen molar-refractivity contribution in [2.75, 3.05) is 6.54 Å². The number of rotatable bonds is 6. The van der Waals surface area contributed by atoms with E-state index in [0.717, 1.165) is 17.5 Å². The lowest BCUT2D eigenvalue weighted by atomic mass is 9.98. The van der Waals surface area contributed by atoms with Crippen molar-refractivity contribution in [1.29, 1.82) is 0 Å². The van der Waals surface area contributed by atoms with Crippen molar-refractivity contribution < 1.29 is 9.13 Å². The largest absolute Gasteiger partial charge is 0.485 e. The lowest BCUT2D eigenvalue weighted by molar-refractivity contribution is 0.288. The second kappa shape index (κ2) is 7.57. The van der Waals surface area contributed by atoms with Gasteiger partial charge in [0.1, 0.15) is 6.61 Å². The van der Waals surface area contributed by atoms with Gasteiger partial charge in [0.25, 0.3) is 0 Å². The summed E-state index contributed by atoms with van der Waals surface area (Å²) in [4.78, 5) is 0. The van der Waals surface area contributed by atoms with Gasteiger partial charge in [-0.3, -0.25) is 0 Å². The highest BCUT2D eigenvalue weighted by molar-refractivity contribution is 9.10. The first kappa shape index (κ1) is 16.0. The second-order valence-corrected chi connectivity index (χ2v) is 5.92. The van der Waals surface area contributed by atoms with Crippen LogP contribution in [0, 0.1) is 5.82 Å². The fraction of sp³-hybridized carbons (Fsp3) is 0.294. The van der Waals surface area contributed by atoms with E-state index in [0.29, 0.717) is 17.6 Å². The molecule has 0 amide bonds. The number of hydrogen-bond donors (Lipinski definition) is 1. The Bertz CT molecular complexity index is 566. The smallest absolute Gasteiger partial charge is 0.169 e. The molecule has 112 valence electrons. The van der Waals surface area contributed by atoms with Gasteiger partial charge < -0.3 is 10.5 Å². The minimum Gasteiger partial charge on any atom is -0.485 e. The number of ether oxygens (including phenoxy) is 1. The van der Waals surface area contributed by atoms with Crippen LogP contribution >= 0.6 is 15.9 Å². The van der Waals surface area contributed by atoms with Gasteiger partial charge >= 0.3 is 0 Å². The summed E-state index contributed by atoms with van der Waals surface area (Å²) in [6, 6.07) is 13.1. The molecule has 0 radical (unpaired) electrons. The van der Waals surface area contributed by atoms with Gasteiger partial charge in [0.15, 0.2) is 11.6 Å². The Kier molecular flexibility index (Phi) is 5.76. The quantitative estimate of drug-likeness (QED) is 0.823. The average molecular weight is 352 g/mol. The first-order valence-corrected chi connectivity index (χ1v) is 7.77. The monoisotopic (exact) mass is 351 g/mol. The van der Waals surface area contributed by atoms with E-state index in [-0.39, 0.29) is 17.5 Å². The van der Waals surface area contributed by atoms with E-state index in [4.69, 9.17) is 10.5 Å². The first-order valence-electron chi connectivity index (χ1n) is 6.97. The van der Waals surface area contributed by atoms with Crippen LogP contribution in [0.5, 0.6) is 5.75 Å². The van der Waals surface area contributed by atoms with Crippen LogP contribution in [0.1, 0.15) is 30.4 Å². The molecule has 0 saturated carbocycles. The van der Waals surface area contributed by atoms with Crippen molar-refractivity contribution in [2.24, 2.45) is 5.73 Å². The molecule has 1 unspecified atom stereocenters. The minimum absolute atomic E-state index is 0.226. The van der Waals surface area contributed by atoms with Gasteiger partial charge in [0, 0.05) is 0 Å². The molecule has 2 nitrogen and oxygen atoms in total. The van der Waals surface area contributed by atoms with Crippen LogP contribution in [0.2, 0.25) is 0 Å². The molecular formula is C17H19BrFNO. The Labute approximate surface area is 133 Å². The van der Waals surface area contributed by atoms with E-state index in [1.807, 2.05) is 43.3 Å².